The van der Waals surface area contributed by atoms with Gasteiger partial charge in [-0.05, 0) is 35.7 Å². The molecule has 1 aliphatic carbocycles. The topological polar surface area (TPSA) is 0 Å². The van der Waals surface area contributed by atoms with Gasteiger partial charge in [-0.2, -0.15) is 0 Å². The Morgan fingerprint density at radius 2 is 1.16 bits per heavy atom. The van der Waals surface area contributed by atoms with E-state index in [-0.39, 0.29) is 0 Å². The maximum absolute atomic E-state index is 2.57. The minimum atomic E-state index is 0.352. The van der Waals surface area contributed by atoms with Crippen molar-refractivity contribution < 1.29 is 0 Å². The van der Waals surface area contributed by atoms with Crippen molar-refractivity contribution in [1.29, 1.82) is 0 Å². The number of unbranched alkanes of at least 4 members (excludes halogenated alkanes) is 8. The van der Waals surface area contributed by atoms with E-state index in [1.54, 1.807) is 11.1 Å². The Labute approximate surface area is 159 Å². The van der Waals surface area contributed by atoms with Crippen LogP contribution in [0.2, 0.25) is 0 Å². The van der Waals surface area contributed by atoms with Crippen molar-refractivity contribution in [2.45, 2.75) is 125 Å². The molecule has 146 valence electrons. The highest BCUT2D eigenvalue weighted by molar-refractivity contribution is 5.39. The molecule has 0 heteroatoms. The van der Waals surface area contributed by atoms with Crippen LogP contribution in [0.15, 0.2) is 23.3 Å². The summed E-state index contributed by atoms with van der Waals surface area (Å²) in [7, 11) is 0. The summed E-state index contributed by atoms with van der Waals surface area (Å²) in [6.45, 7) is 14.4. The molecule has 0 unspecified atom stereocenters. The molecule has 0 fully saturated rings. The van der Waals surface area contributed by atoms with Crippen molar-refractivity contribution in [3.8, 4) is 0 Å². The monoisotopic (exact) mass is 346 g/mol. The summed E-state index contributed by atoms with van der Waals surface area (Å²) < 4.78 is 0. The third kappa shape index (κ3) is 8.14. The average molecular weight is 347 g/mol. The molecule has 0 aromatic carbocycles. The molecule has 1 aliphatic rings. The normalized spacial score (nSPS) is 15.4. The van der Waals surface area contributed by atoms with Gasteiger partial charge in [-0.15, -0.1) is 0 Å². The van der Waals surface area contributed by atoms with Gasteiger partial charge >= 0.3 is 0 Å². The average Bonchev–Trinajstić information content (AvgIpc) is 3.06. The molecule has 0 atom stereocenters. The second kappa shape index (κ2) is 11.2. The summed E-state index contributed by atoms with van der Waals surface area (Å²) in [6.07, 6.45) is 22.9. The fourth-order valence-corrected chi connectivity index (χ4v) is 4.11. The summed E-state index contributed by atoms with van der Waals surface area (Å²) in [6, 6.07) is 0. The van der Waals surface area contributed by atoms with Crippen molar-refractivity contribution in [1.82, 2.24) is 0 Å². The first-order valence-electron chi connectivity index (χ1n) is 11.2. The van der Waals surface area contributed by atoms with Crippen LogP contribution in [0.25, 0.3) is 0 Å². The van der Waals surface area contributed by atoms with E-state index in [0.717, 1.165) is 0 Å². The van der Waals surface area contributed by atoms with Crippen LogP contribution < -0.4 is 0 Å². The third-order valence-corrected chi connectivity index (χ3v) is 6.33. The summed E-state index contributed by atoms with van der Waals surface area (Å²) in [5.74, 6) is 0. The molecule has 0 saturated heterocycles. The first-order chi connectivity index (χ1) is 11.8. The second-order valence-corrected chi connectivity index (χ2v) is 9.63. The molecule has 0 spiro atoms. The predicted octanol–water partition coefficient (Wildman–Crippen LogP) is 9.02. The molecule has 0 nitrogen and oxygen atoms in total. The van der Waals surface area contributed by atoms with Crippen molar-refractivity contribution in [3.05, 3.63) is 23.3 Å². The molecule has 1 rings (SSSR count). The fourth-order valence-electron chi connectivity index (χ4n) is 4.11. The zero-order chi connectivity index (χ0) is 18.8. The van der Waals surface area contributed by atoms with E-state index >= 15 is 0 Å². The number of hydrogen-bond donors (Lipinski definition) is 0. The van der Waals surface area contributed by atoms with E-state index in [4.69, 9.17) is 0 Å². The van der Waals surface area contributed by atoms with Crippen molar-refractivity contribution >= 4 is 0 Å². The zero-order valence-corrected chi connectivity index (χ0v) is 18.3. The van der Waals surface area contributed by atoms with Gasteiger partial charge in [-0.1, -0.05) is 123 Å². The van der Waals surface area contributed by atoms with Gasteiger partial charge in [0.05, 0.1) is 0 Å². The molecule has 0 aliphatic heterocycles. The van der Waals surface area contributed by atoms with Crippen molar-refractivity contribution in [2.24, 2.45) is 10.8 Å². The Hall–Kier alpha value is -0.520. The van der Waals surface area contributed by atoms with E-state index in [2.05, 4.69) is 53.7 Å². The van der Waals surface area contributed by atoms with Gasteiger partial charge in [-0.25, -0.2) is 0 Å². The number of hydrogen-bond acceptors (Lipinski definition) is 0. The highest BCUT2D eigenvalue weighted by atomic mass is 14.3. The lowest BCUT2D eigenvalue weighted by atomic mass is 9.77. The van der Waals surface area contributed by atoms with Gasteiger partial charge in [0.25, 0.3) is 0 Å². The lowest BCUT2D eigenvalue weighted by Crippen LogP contribution is -2.15. The third-order valence-electron chi connectivity index (χ3n) is 6.33. The van der Waals surface area contributed by atoms with Crippen LogP contribution in [0.1, 0.15) is 125 Å². The van der Waals surface area contributed by atoms with Crippen molar-refractivity contribution in [3.63, 3.8) is 0 Å². The molecule has 0 aromatic rings. The molecular weight excluding hydrogens is 300 g/mol. The van der Waals surface area contributed by atoms with Crippen LogP contribution in [0.4, 0.5) is 0 Å². The van der Waals surface area contributed by atoms with E-state index in [1.807, 2.05) is 0 Å². The van der Waals surface area contributed by atoms with E-state index in [0.29, 0.717) is 10.8 Å². The lowest BCUT2D eigenvalue weighted by molar-refractivity contribution is 0.377. The molecule has 0 amide bonds. The molecule has 0 heterocycles. The van der Waals surface area contributed by atoms with Gasteiger partial charge in [-0.3, -0.25) is 0 Å². The van der Waals surface area contributed by atoms with Gasteiger partial charge in [0.2, 0.25) is 0 Å². The first kappa shape index (κ1) is 22.5. The summed E-state index contributed by atoms with van der Waals surface area (Å²) in [5.41, 5.74) is 4.02. The molecule has 25 heavy (non-hydrogen) atoms. The number of allylic oxidation sites excluding steroid dienone is 4. The van der Waals surface area contributed by atoms with Gasteiger partial charge in [0, 0.05) is 0 Å². The Morgan fingerprint density at radius 1 is 0.680 bits per heavy atom. The summed E-state index contributed by atoms with van der Waals surface area (Å²) in [4.78, 5) is 0. The van der Waals surface area contributed by atoms with E-state index in [1.165, 1.54) is 83.5 Å². The highest BCUT2D eigenvalue weighted by Crippen LogP contribution is 2.44. The van der Waals surface area contributed by atoms with Crippen molar-refractivity contribution in [2.75, 3.05) is 0 Å². The van der Waals surface area contributed by atoms with Crippen LogP contribution >= 0.6 is 0 Å². The van der Waals surface area contributed by atoms with Crippen LogP contribution in [0, 0.1) is 10.8 Å². The van der Waals surface area contributed by atoms with Crippen LogP contribution in [-0.4, -0.2) is 0 Å². The van der Waals surface area contributed by atoms with Crippen LogP contribution in [-0.2, 0) is 0 Å². The lowest BCUT2D eigenvalue weighted by Gasteiger charge is -2.28. The molecule has 0 bridgehead atoms. The quantitative estimate of drug-likeness (QED) is 0.275. The maximum Gasteiger partial charge on any atom is -0.0107 e. The molecule has 0 aromatic heterocycles. The minimum Gasteiger partial charge on any atom is -0.0767 e. The Bertz CT molecular complexity index is 419. The SMILES string of the molecule is CCCCCCCC(C)(C)C1=CCC(C(C)(C)CCCCCCC)=C1. The smallest absolute Gasteiger partial charge is 0.0107 e. The second-order valence-electron chi connectivity index (χ2n) is 9.63. The van der Waals surface area contributed by atoms with Crippen LogP contribution in [0.5, 0.6) is 0 Å². The largest absolute Gasteiger partial charge is 0.0767 e. The standard InChI is InChI=1S/C25H46/c1-7-9-11-13-15-19-24(3,4)22-17-18-23(21-22)25(5,6)20-16-14-12-10-8-2/h17,21H,7-16,18-20H2,1-6H3. The highest BCUT2D eigenvalue weighted by Gasteiger charge is 2.29. The molecule has 0 saturated carbocycles. The molecule has 0 N–H and O–H groups in total. The van der Waals surface area contributed by atoms with Gasteiger partial charge in [0.15, 0.2) is 0 Å². The maximum atomic E-state index is 2.57. The van der Waals surface area contributed by atoms with E-state index in [9.17, 15) is 0 Å². The Balaban J connectivity index is 2.46. The minimum absolute atomic E-state index is 0.352. The molecule has 0 radical (unpaired) electrons. The van der Waals surface area contributed by atoms with Crippen LogP contribution in [0.3, 0.4) is 0 Å². The fraction of sp³-hybridized carbons (Fsp3) is 0.840. The summed E-state index contributed by atoms with van der Waals surface area (Å²) >= 11 is 0. The predicted molar refractivity (Wildman–Crippen MR) is 115 cm³/mol. The van der Waals surface area contributed by atoms with Gasteiger partial charge in [0.1, 0.15) is 0 Å². The number of rotatable bonds is 14. The zero-order valence-electron chi connectivity index (χ0n) is 18.3. The first-order valence-corrected chi connectivity index (χ1v) is 11.2. The van der Waals surface area contributed by atoms with E-state index < -0.39 is 0 Å². The van der Waals surface area contributed by atoms with Gasteiger partial charge < -0.3 is 0 Å². The Morgan fingerprint density at radius 3 is 1.68 bits per heavy atom. The molecular formula is C25H46. The Kier molecular flexibility index (Phi) is 10.1. The summed E-state index contributed by atoms with van der Waals surface area (Å²) in [5, 5.41) is 0.